The Labute approximate surface area is 112 Å². The van der Waals surface area contributed by atoms with Gasteiger partial charge in [-0.3, -0.25) is 4.79 Å². The van der Waals surface area contributed by atoms with E-state index in [1.165, 1.54) is 6.07 Å². The summed E-state index contributed by atoms with van der Waals surface area (Å²) in [6.45, 7) is 3.58. The van der Waals surface area contributed by atoms with Gasteiger partial charge in [-0.2, -0.15) is 0 Å². The van der Waals surface area contributed by atoms with Gasteiger partial charge in [-0.05, 0) is 38.0 Å². The summed E-state index contributed by atoms with van der Waals surface area (Å²) in [5.74, 6) is -0.715. The highest BCUT2D eigenvalue weighted by Crippen LogP contribution is 2.26. The van der Waals surface area contributed by atoms with E-state index in [9.17, 15) is 9.18 Å². The summed E-state index contributed by atoms with van der Waals surface area (Å²) in [6.07, 6.45) is 1.72. The van der Waals surface area contributed by atoms with E-state index in [-0.39, 0.29) is 17.6 Å². The Balaban J connectivity index is 2.08. The number of nitrogen functional groups attached to an aromatic ring is 1. The van der Waals surface area contributed by atoms with Crippen molar-refractivity contribution >= 4 is 17.3 Å². The highest BCUT2D eigenvalue weighted by molar-refractivity contribution is 5.73. The number of nitrogens with two attached hydrogens (primary N) is 1. The van der Waals surface area contributed by atoms with Crippen molar-refractivity contribution in [3.8, 4) is 0 Å². The van der Waals surface area contributed by atoms with Gasteiger partial charge in [0.25, 0.3) is 0 Å². The third kappa shape index (κ3) is 3.16. The number of carbonyl (C=O) groups is 1. The molecule has 1 atom stereocenters. The van der Waals surface area contributed by atoms with Gasteiger partial charge < -0.3 is 15.4 Å². The van der Waals surface area contributed by atoms with Gasteiger partial charge in [0.1, 0.15) is 5.82 Å². The average molecular weight is 266 g/mol. The minimum Gasteiger partial charge on any atom is -0.466 e. The lowest BCUT2D eigenvalue weighted by atomic mass is 9.97. The molecule has 1 unspecified atom stereocenters. The second-order valence-electron chi connectivity index (χ2n) is 4.74. The van der Waals surface area contributed by atoms with E-state index in [0.717, 1.165) is 25.1 Å². The summed E-state index contributed by atoms with van der Waals surface area (Å²) in [5.41, 5.74) is 6.37. The average Bonchev–Trinajstić information content (AvgIpc) is 2.42. The fraction of sp³-hybridized carbons (Fsp3) is 0.500. The highest BCUT2D eigenvalue weighted by atomic mass is 19.1. The zero-order valence-electron chi connectivity index (χ0n) is 11.1. The molecule has 1 heterocycles. The van der Waals surface area contributed by atoms with E-state index in [0.29, 0.717) is 13.2 Å². The van der Waals surface area contributed by atoms with Crippen molar-refractivity contribution in [1.82, 2.24) is 0 Å². The zero-order valence-corrected chi connectivity index (χ0v) is 11.1. The van der Waals surface area contributed by atoms with E-state index in [2.05, 4.69) is 0 Å². The number of halogens is 1. The summed E-state index contributed by atoms with van der Waals surface area (Å²) in [7, 11) is 0. The van der Waals surface area contributed by atoms with Crippen LogP contribution in [-0.4, -0.2) is 25.7 Å². The van der Waals surface area contributed by atoms with Crippen LogP contribution in [0.2, 0.25) is 0 Å². The number of nitrogens with zero attached hydrogens (tertiary/aromatic N) is 1. The standard InChI is InChI=1S/C14H19FN2O2/c1-2-19-14(18)10-4-3-7-17(9-10)11-5-6-13(16)12(15)8-11/h5-6,8,10H,2-4,7,9,16H2,1H3. The normalized spacial score (nSPS) is 19.3. The summed E-state index contributed by atoms with van der Waals surface area (Å²) in [4.78, 5) is 13.8. The number of rotatable bonds is 3. The van der Waals surface area contributed by atoms with Crippen LogP contribution in [0.4, 0.5) is 15.8 Å². The maximum absolute atomic E-state index is 13.5. The Morgan fingerprint density at radius 3 is 3.05 bits per heavy atom. The first-order valence-corrected chi connectivity index (χ1v) is 6.58. The minimum absolute atomic E-state index is 0.130. The van der Waals surface area contributed by atoms with Crippen molar-refractivity contribution in [3.05, 3.63) is 24.0 Å². The molecule has 4 nitrogen and oxygen atoms in total. The number of ether oxygens (including phenoxy) is 1. The smallest absolute Gasteiger partial charge is 0.310 e. The third-order valence-electron chi connectivity index (χ3n) is 3.39. The number of anilines is 2. The Morgan fingerprint density at radius 1 is 1.58 bits per heavy atom. The molecule has 0 spiro atoms. The summed E-state index contributed by atoms with van der Waals surface area (Å²) >= 11 is 0. The van der Waals surface area contributed by atoms with Crippen LogP contribution in [0.25, 0.3) is 0 Å². The molecule has 2 N–H and O–H groups in total. The number of esters is 1. The zero-order chi connectivity index (χ0) is 13.8. The Bertz CT molecular complexity index is 465. The van der Waals surface area contributed by atoms with E-state index in [1.807, 2.05) is 4.90 Å². The molecular formula is C14H19FN2O2. The van der Waals surface area contributed by atoms with E-state index in [4.69, 9.17) is 10.5 Å². The van der Waals surface area contributed by atoms with Gasteiger partial charge in [-0.15, -0.1) is 0 Å². The molecule has 0 saturated carbocycles. The maximum Gasteiger partial charge on any atom is 0.310 e. The molecule has 104 valence electrons. The molecule has 1 saturated heterocycles. The van der Waals surface area contributed by atoms with E-state index in [1.54, 1.807) is 19.1 Å². The molecular weight excluding hydrogens is 247 g/mol. The molecule has 0 amide bonds. The lowest BCUT2D eigenvalue weighted by Crippen LogP contribution is -2.39. The third-order valence-corrected chi connectivity index (χ3v) is 3.39. The fourth-order valence-electron chi connectivity index (χ4n) is 2.38. The molecule has 5 heteroatoms. The first kappa shape index (κ1) is 13.6. The van der Waals surface area contributed by atoms with Crippen LogP contribution in [0.1, 0.15) is 19.8 Å². The van der Waals surface area contributed by atoms with Gasteiger partial charge in [0, 0.05) is 18.8 Å². The number of hydrogen-bond donors (Lipinski definition) is 1. The first-order valence-electron chi connectivity index (χ1n) is 6.58. The molecule has 1 fully saturated rings. The summed E-state index contributed by atoms with van der Waals surface area (Å²) < 4.78 is 18.5. The minimum atomic E-state index is -0.421. The summed E-state index contributed by atoms with van der Waals surface area (Å²) in [5, 5.41) is 0. The molecule has 1 aromatic rings. The number of carbonyl (C=O) groups excluding carboxylic acids is 1. The lowest BCUT2D eigenvalue weighted by molar-refractivity contribution is -0.148. The van der Waals surface area contributed by atoms with Gasteiger partial charge in [-0.25, -0.2) is 4.39 Å². The molecule has 0 radical (unpaired) electrons. The van der Waals surface area contributed by atoms with Crippen LogP contribution in [-0.2, 0) is 9.53 Å². The van der Waals surface area contributed by atoms with E-state index >= 15 is 0 Å². The van der Waals surface area contributed by atoms with Crippen LogP contribution in [0.15, 0.2) is 18.2 Å². The molecule has 1 aliphatic rings. The Hall–Kier alpha value is -1.78. The van der Waals surface area contributed by atoms with Crippen LogP contribution in [0.5, 0.6) is 0 Å². The second kappa shape index (κ2) is 5.91. The predicted molar refractivity (Wildman–Crippen MR) is 72.4 cm³/mol. The molecule has 0 aliphatic carbocycles. The van der Waals surface area contributed by atoms with Crippen molar-refractivity contribution in [2.45, 2.75) is 19.8 Å². The number of piperidine rings is 1. The largest absolute Gasteiger partial charge is 0.466 e. The van der Waals surface area contributed by atoms with Crippen LogP contribution < -0.4 is 10.6 Å². The predicted octanol–water partition coefficient (Wildman–Crippen LogP) is 2.19. The van der Waals surface area contributed by atoms with Gasteiger partial charge in [-0.1, -0.05) is 0 Å². The molecule has 0 aromatic heterocycles. The molecule has 19 heavy (non-hydrogen) atoms. The van der Waals surface area contributed by atoms with E-state index < -0.39 is 5.82 Å². The van der Waals surface area contributed by atoms with Crippen LogP contribution in [0.3, 0.4) is 0 Å². The second-order valence-corrected chi connectivity index (χ2v) is 4.74. The summed E-state index contributed by atoms with van der Waals surface area (Å²) in [6, 6.07) is 4.76. The molecule has 2 rings (SSSR count). The lowest BCUT2D eigenvalue weighted by Gasteiger charge is -2.33. The topological polar surface area (TPSA) is 55.6 Å². The van der Waals surface area contributed by atoms with Crippen LogP contribution >= 0.6 is 0 Å². The van der Waals surface area contributed by atoms with Crippen molar-refractivity contribution in [1.29, 1.82) is 0 Å². The van der Waals surface area contributed by atoms with Crippen molar-refractivity contribution in [3.63, 3.8) is 0 Å². The highest BCUT2D eigenvalue weighted by Gasteiger charge is 2.27. The Morgan fingerprint density at radius 2 is 2.37 bits per heavy atom. The van der Waals surface area contributed by atoms with Gasteiger partial charge in [0.2, 0.25) is 0 Å². The van der Waals surface area contributed by atoms with Gasteiger partial charge in [0.05, 0.1) is 18.2 Å². The monoisotopic (exact) mass is 266 g/mol. The quantitative estimate of drug-likeness (QED) is 0.673. The number of benzene rings is 1. The molecule has 0 bridgehead atoms. The SMILES string of the molecule is CCOC(=O)C1CCCN(c2ccc(N)c(F)c2)C1. The van der Waals surface area contributed by atoms with Crippen molar-refractivity contribution < 1.29 is 13.9 Å². The maximum atomic E-state index is 13.5. The van der Waals surface area contributed by atoms with Crippen molar-refractivity contribution in [2.24, 2.45) is 5.92 Å². The van der Waals surface area contributed by atoms with Crippen LogP contribution in [0, 0.1) is 11.7 Å². The first-order chi connectivity index (χ1) is 9.11. The number of hydrogen-bond acceptors (Lipinski definition) is 4. The van der Waals surface area contributed by atoms with Gasteiger partial charge >= 0.3 is 5.97 Å². The Kier molecular flexibility index (Phi) is 4.24. The fourth-order valence-corrected chi connectivity index (χ4v) is 2.38. The van der Waals surface area contributed by atoms with Crippen molar-refractivity contribution in [2.75, 3.05) is 30.3 Å². The molecule has 1 aliphatic heterocycles. The molecule has 1 aromatic carbocycles. The van der Waals surface area contributed by atoms with Gasteiger partial charge in [0.15, 0.2) is 0 Å².